The van der Waals surface area contributed by atoms with E-state index in [2.05, 4.69) is 15.6 Å². The number of hydrogen-bond donors (Lipinski definition) is 3. The molecule has 2 amide bonds. The van der Waals surface area contributed by atoms with Gasteiger partial charge in [0.2, 0.25) is 0 Å². The van der Waals surface area contributed by atoms with Crippen molar-refractivity contribution in [2.45, 2.75) is 26.3 Å². The number of thiazole rings is 1. The minimum Gasteiger partial charge on any atom is -0.399 e. The van der Waals surface area contributed by atoms with Gasteiger partial charge in [0.15, 0.2) is 5.13 Å². The molecule has 0 bridgehead atoms. The average molecular weight is 368 g/mol. The van der Waals surface area contributed by atoms with Gasteiger partial charge in [-0.25, -0.2) is 4.98 Å². The summed E-state index contributed by atoms with van der Waals surface area (Å²) in [5.41, 5.74) is 8.06. The molecule has 0 saturated carbocycles. The van der Waals surface area contributed by atoms with Gasteiger partial charge in [0.05, 0.1) is 10.2 Å². The molecule has 7 heteroatoms. The lowest BCUT2D eigenvalue weighted by Crippen LogP contribution is -2.31. The van der Waals surface area contributed by atoms with Crippen molar-refractivity contribution >= 4 is 44.2 Å². The molecule has 4 N–H and O–H groups in total. The van der Waals surface area contributed by atoms with Crippen LogP contribution in [-0.4, -0.2) is 22.8 Å². The highest BCUT2D eigenvalue weighted by Gasteiger charge is 2.13. The van der Waals surface area contributed by atoms with E-state index in [1.165, 1.54) is 11.3 Å². The Labute approximate surface area is 155 Å². The van der Waals surface area contributed by atoms with Crippen LogP contribution in [0.3, 0.4) is 0 Å². The van der Waals surface area contributed by atoms with E-state index in [0.29, 0.717) is 21.9 Å². The fourth-order valence-electron chi connectivity index (χ4n) is 2.33. The standard InChI is InChI=1S/C19H20N4O2S/c1-3-11(2)21-18(25)13-6-9-15-16(10-13)26-19(22-15)23-17(24)12-4-7-14(20)8-5-12/h4-11H,3,20H2,1-2H3,(H,21,25)(H,22,23,24)/t11-/m1/s1. The first-order valence-corrected chi connectivity index (χ1v) is 9.16. The molecule has 0 aliphatic rings. The minimum atomic E-state index is -0.251. The number of hydrogen-bond acceptors (Lipinski definition) is 5. The Kier molecular flexibility index (Phi) is 5.18. The van der Waals surface area contributed by atoms with E-state index in [4.69, 9.17) is 5.73 Å². The SMILES string of the molecule is CC[C@@H](C)NC(=O)c1ccc2nc(NC(=O)c3ccc(N)cc3)sc2c1. The van der Waals surface area contributed by atoms with E-state index in [0.717, 1.165) is 16.6 Å². The summed E-state index contributed by atoms with van der Waals surface area (Å²) in [6, 6.07) is 12.1. The number of fused-ring (bicyclic) bond motifs is 1. The maximum Gasteiger partial charge on any atom is 0.257 e. The van der Waals surface area contributed by atoms with Gasteiger partial charge in [0, 0.05) is 22.9 Å². The fourth-order valence-corrected chi connectivity index (χ4v) is 3.23. The first-order valence-electron chi connectivity index (χ1n) is 8.34. The van der Waals surface area contributed by atoms with Crippen molar-refractivity contribution in [2.24, 2.45) is 0 Å². The first kappa shape index (κ1) is 17.9. The zero-order valence-electron chi connectivity index (χ0n) is 14.6. The van der Waals surface area contributed by atoms with E-state index >= 15 is 0 Å². The molecule has 6 nitrogen and oxygen atoms in total. The van der Waals surface area contributed by atoms with Gasteiger partial charge in [0.25, 0.3) is 11.8 Å². The quantitative estimate of drug-likeness (QED) is 0.599. The maximum atomic E-state index is 12.3. The van der Waals surface area contributed by atoms with Crippen LogP contribution in [0.5, 0.6) is 0 Å². The van der Waals surface area contributed by atoms with Crippen LogP contribution in [0, 0.1) is 0 Å². The smallest absolute Gasteiger partial charge is 0.257 e. The normalized spacial score (nSPS) is 11.9. The molecular weight excluding hydrogens is 348 g/mol. The van der Waals surface area contributed by atoms with Gasteiger partial charge in [0.1, 0.15) is 0 Å². The van der Waals surface area contributed by atoms with Crippen LogP contribution < -0.4 is 16.4 Å². The number of aromatic nitrogens is 1. The Balaban J connectivity index is 1.77. The van der Waals surface area contributed by atoms with Crippen LogP contribution >= 0.6 is 11.3 Å². The highest BCUT2D eigenvalue weighted by molar-refractivity contribution is 7.22. The van der Waals surface area contributed by atoms with Crippen molar-refractivity contribution in [3.05, 3.63) is 53.6 Å². The number of rotatable bonds is 5. The number of nitrogen functional groups attached to an aromatic ring is 1. The van der Waals surface area contributed by atoms with E-state index in [1.54, 1.807) is 42.5 Å². The largest absolute Gasteiger partial charge is 0.399 e. The van der Waals surface area contributed by atoms with Gasteiger partial charge < -0.3 is 11.1 Å². The lowest BCUT2D eigenvalue weighted by molar-refractivity contribution is 0.0938. The van der Waals surface area contributed by atoms with Crippen molar-refractivity contribution in [3.8, 4) is 0 Å². The maximum absolute atomic E-state index is 12.3. The summed E-state index contributed by atoms with van der Waals surface area (Å²) in [5.74, 6) is -0.360. The van der Waals surface area contributed by atoms with E-state index in [9.17, 15) is 9.59 Å². The number of nitrogens with two attached hydrogens (primary N) is 1. The Bertz CT molecular complexity index is 950. The molecule has 0 spiro atoms. The second kappa shape index (κ2) is 7.53. The number of carbonyl (C=O) groups excluding carboxylic acids is 2. The monoisotopic (exact) mass is 368 g/mol. The van der Waals surface area contributed by atoms with E-state index < -0.39 is 0 Å². The second-order valence-electron chi connectivity index (χ2n) is 6.06. The number of benzene rings is 2. The zero-order chi connectivity index (χ0) is 18.7. The number of nitrogens with zero attached hydrogens (tertiary/aromatic N) is 1. The molecule has 26 heavy (non-hydrogen) atoms. The molecule has 1 heterocycles. The van der Waals surface area contributed by atoms with Crippen molar-refractivity contribution in [1.82, 2.24) is 10.3 Å². The van der Waals surface area contributed by atoms with Gasteiger partial charge in [-0.1, -0.05) is 18.3 Å². The minimum absolute atomic E-state index is 0.109. The molecule has 0 unspecified atom stereocenters. The Morgan fingerprint density at radius 1 is 1.12 bits per heavy atom. The lowest BCUT2D eigenvalue weighted by Gasteiger charge is -2.10. The number of amides is 2. The molecule has 0 aliphatic heterocycles. The van der Waals surface area contributed by atoms with Crippen molar-refractivity contribution in [1.29, 1.82) is 0 Å². The summed E-state index contributed by atoms with van der Waals surface area (Å²) in [7, 11) is 0. The van der Waals surface area contributed by atoms with E-state index in [1.807, 2.05) is 13.8 Å². The highest BCUT2D eigenvalue weighted by atomic mass is 32.1. The van der Waals surface area contributed by atoms with Crippen LogP contribution in [-0.2, 0) is 0 Å². The summed E-state index contributed by atoms with van der Waals surface area (Å²) in [4.78, 5) is 28.9. The predicted molar refractivity (Wildman–Crippen MR) is 106 cm³/mol. The van der Waals surface area contributed by atoms with E-state index in [-0.39, 0.29) is 17.9 Å². The fraction of sp³-hybridized carbons (Fsp3) is 0.211. The molecule has 3 aromatic rings. The van der Waals surface area contributed by atoms with Crippen LogP contribution in [0.25, 0.3) is 10.2 Å². The Morgan fingerprint density at radius 3 is 2.50 bits per heavy atom. The van der Waals surface area contributed by atoms with Crippen LogP contribution in [0.15, 0.2) is 42.5 Å². The number of nitrogens with one attached hydrogen (secondary N) is 2. The molecule has 0 aliphatic carbocycles. The van der Waals surface area contributed by atoms with Crippen molar-refractivity contribution < 1.29 is 9.59 Å². The van der Waals surface area contributed by atoms with Crippen LogP contribution in [0.4, 0.5) is 10.8 Å². The first-order chi connectivity index (χ1) is 12.5. The van der Waals surface area contributed by atoms with Gasteiger partial charge in [-0.15, -0.1) is 0 Å². The molecule has 2 aromatic carbocycles. The molecular formula is C19H20N4O2S. The predicted octanol–water partition coefficient (Wildman–Crippen LogP) is 3.66. The molecule has 1 aromatic heterocycles. The number of anilines is 2. The van der Waals surface area contributed by atoms with Gasteiger partial charge in [-0.05, 0) is 55.8 Å². The summed E-state index contributed by atoms with van der Waals surface area (Å²) >= 11 is 1.33. The molecule has 0 radical (unpaired) electrons. The molecule has 3 rings (SSSR count). The topological polar surface area (TPSA) is 97.1 Å². The van der Waals surface area contributed by atoms with Crippen molar-refractivity contribution in [2.75, 3.05) is 11.1 Å². The third kappa shape index (κ3) is 4.00. The lowest BCUT2D eigenvalue weighted by atomic mass is 10.2. The Morgan fingerprint density at radius 2 is 1.81 bits per heavy atom. The third-order valence-electron chi connectivity index (χ3n) is 4.03. The second-order valence-corrected chi connectivity index (χ2v) is 7.09. The highest BCUT2D eigenvalue weighted by Crippen LogP contribution is 2.27. The molecule has 134 valence electrons. The molecule has 0 fully saturated rings. The van der Waals surface area contributed by atoms with Crippen LogP contribution in [0.2, 0.25) is 0 Å². The summed E-state index contributed by atoms with van der Waals surface area (Å²) < 4.78 is 0.842. The van der Waals surface area contributed by atoms with Gasteiger partial charge in [-0.3, -0.25) is 14.9 Å². The van der Waals surface area contributed by atoms with Gasteiger partial charge in [-0.2, -0.15) is 0 Å². The summed E-state index contributed by atoms with van der Waals surface area (Å²) in [5, 5.41) is 6.21. The summed E-state index contributed by atoms with van der Waals surface area (Å²) in [6.45, 7) is 3.99. The van der Waals surface area contributed by atoms with Gasteiger partial charge >= 0.3 is 0 Å². The summed E-state index contributed by atoms with van der Waals surface area (Å²) in [6.07, 6.45) is 0.871. The molecule has 1 atom stereocenters. The van der Waals surface area contributed by atoms with Crippen molar-refractivity contribution in [3.63, 3.8) is 0 Å². The molecule has 0 saturated heterocycles. The average Bonchev–Trinajstić information content (AvgIpc) is 3.03. The van der Waals surface area contributed by atoms with Crippen LogP contribution in [0.1, 0.15) is 41.0 Å². The third-order valence-corrected chi connectivity index (χ3v) is 4.97. The zero-order valence-corrected chi connectivity index (χ0v) is 15.4. The Hall–Kier alpha value is -2.93. The number of carbonyl (C=O) groups is 2.